The van der Waals surface area contributed by atoms with Crippen LogP contribution in [-0.2, 0) is 9.59 Å². The van der Waals surface area contributed by atoms with Crippen molar-refractivity contribution in [3.63, 3.8) is 0 Å². The molecule has 17 nitrogen and oxygen atoms in total. The number of fused-ring (bicyclic) bond motifs is 2. The third kappa shape index (κ3) is 10.7. The Morgan fingerprint density at radius 3 is 1.67 bits per heavy atom. The lowest BCUT2D eigenvalue weighted by Crippen LogP contribution is -2.50. The number of aromatic nitrogens is 11. The van der Waals surface area contributed by atoms with Gasteiger partial charge in [0.15, 0.2) is 0 Å². The van der Waals surface area contributed by atoms with Gasteiger partial charge in [-0.15, -0.1) is 0 Å². The zero-order valence-electron chi connectivity index (χ0n) is 44.1. The molecule has 2 aliphatic heterocycles. The number of nitrogens with one attached hydrogen (secondary N) is 2. The van der Waals surface area contributed by atoms with Crippen molar-refractivity contribution >= 4 is 34.5 Å². The SMILES string of the molecule is CC(C)NC(=O)C1(C)CCN(c2ccc(-c3cc(-c4cnn(C(C)C)c4)cn4nccc34)cn2)CC1.CCC1(C(=O)NC(C)C)CCN(c2ccc(-c3nc(-c4cnn(C(C)C)c4)cn4nccc34)cn2)CC1.[HH].[HH]. The molecule has 0 aromatic carbocycles. The van der Waals surface area contributed by atoms with E-state index in [0.717, 1.165) is 126 Å². The zero-order chi connectivity index (χ0) is 51.6. The van der Waals surface area contributed by atoms with E-state index in [1.54, 1.807) is 6.20 Å². The van der Waals surface area contributed by atoms with E-state index in [9.17, 15) is 9.59 Å². The molecular weight excluding hydrogens is 915 g/mol. The Balaban J connectivity index is 0.000000213. The second kappa shape index (κ2) is 21.0. The van der Waals surface area contributed by atoms with Gasteiger partial charge in [-0.3, -0.25) is 19.0 Å². The van der Waals surface area contributed by atoms with E-state index >= 15 is 0 Å². The molecule has 0 spiro atoms. The number of piperidine rings is 2. The largest absolute Gasteiger partial charge is 0.357 e. The molecule has 10 heterocycles. The number of carbonyl (C=O) groups excluding carboxylic acids is 2. The normalized spacial score (nSPS) is 15.6. The summed E-state index contributed by atoms with van der Waals surface area (Å²) in [6.45, 7) is 23.9. The number of hydrogen-bond donors (Lipinski definition) is 2. The van der Waals surface area contributed by atoms with E-state index in [4.69, 9.17) is 15.0 Å². The van der Waals surface area contributed by atoms with Gasteiger partial charge in [-0.2, -0.15) is 20.4 Å². The summed E-state index contributed by atoms with van der Waals surface area (Å²) >= 11 is 0. The number of pyridine rings is 3. The molecule has 0 aliphatic carbocycles. The van der Waals surface area contributed by atoms with Crippen LogP contribution in [0.2, 0.25) is 0 Å². The lowest BCUT2D eigenvalue weighted by Gasteiger charge is -2.41. The maximum atomic E-state index is 12.9. The maximum Gasteiger partial charge on any atom is 0.226 e. The van der Waals surface area contributed by atoms with Gasteiger partial charge in [0.2, 0.25) is 11.8 Å². The van der Waals surface area contributed by atoms with E-state index in [2.05, 4.69) is 119 Å². The predicted molar refractivity (Wildman–Crippen MR) is 292 cm³/mol. The van der Waals surface area contributed by atoms with Crippen molar-refractivity contribution in [2.75, 3.05) is 36.0 Å². The first kappa shape index (κ1) is 50.5. The van der Waals surface area contributed by atoms with Crippen molar-refractivity contribution in [2.45, 2.75) is 126 Å². The molecule has 0 saturated carbocycles. The van der Waals surface area contributed by atoms with Crippen LogP contribution in [0.3, 0.4) is 0 Å². The fraction of sp³-hybridized carbons (Fsp3) is 0.446. The van der Waals surface area contributed by atoms with Crippen LogP contribution in [-0.4, -0.2) is 104 Å². The molecule has 8 aromatic rings. The van der Waals surface area contributed by atoms with Gasteiger partial charge in [0.25, 0.3) is 0 Å². The number of anilines is 2. The second-order valence-corrected chi connectivity index (χ2v) is 21.3. The van der Waals surface area contributed by atoms with Crippen molar-refractivity contribution < 1.29 is 12.4 Å². The quantitative estimate of drug-likeness (QED) is 0.113. The summed E-state index contributed by atoms with van der Waals surface area (Å²) in [6, 6.07) is 15.4. The molecule has 2 N–H and O–H groups in total. The molecule has 0 atom stereocenters. The van der Waals surface area contributed by atoms with Crippen LogP contribution in [0.25, 0.3) is 55.8 Å². The highest BCUT2D eigenvalue weighted by Crippen LogP contribution is 2.38. The number of hydrogen-bond acceptors (Lipinski definition) is 11. The summed E-state index contributed by atoms with van der Waals surface area (Å²) in [7, 11) is 0. The fourth-order valence-electron chi connectivity index (χ4n) is 9.88. The Kier molecular flexibility index (Phi) is 14.5. The summed E-state index contributed by atoms with van der Waals surface area (Å²) in [5, 5.41) is 24.1. The first-order chi connectivity index (χ1) is 35.0. The Morgan fingerprint density at radius 1 is 0.589 bits per heavy atom. The minimum absolute atomic E-state index is 0. The number of amides is 2. The van der Waals surface area contributed by atoms with Crippen molar-refractivity contribution in [2.24, 2.45) is 10.8 Å². The molecular formula is C56H75N15O2. The molecule has 2 amide bonds. The van der Waals surface area contributed by atoms with E-state index in [0.29, 0.717) is 6.04 Å². The first-order valence-corrected chi connectivity index (χ1v) is 26.0. The van der Waals surface area contributed by atoms with E-state index < -0.39 is 0 Å². The van der Waals surface area contributed by atoms with Crippen LogP contribution in [0.15, 0.2) is 104 Å². The van der Waals surface area contributed by atoms with Crippen LogP contribution in [0.5, 0.6) is 0 Å². The lowest BCUT2D eigenvalue weighted by molar-refractivity contribution is -0.133. The average molecular weight is 990 g/mol. The highest BCUT2D eigenvalue weighted by Gasteiger charge is 2.40. The Bertz CT molecular complexity index is 3170. The molecule has 2 saturated heterocycles. The highest BCUT2D eigenvalue weighted by atomic mass is 16.2. The van der Waals surface area contributed by atoms with Crippen LogP contribution in [0.1, 0.15) is 116 Å². The Morgan fingerprint density at radius 2 is 1.12 bits per heavy atom. The molecule has 2 aliphatic rings. The molecule has 8 aromatic heterocycles. The fourth-order valence-corrected chi connectivity index (χ4v) is 9.88. The summed E-state index contributed by atoms with van der Waals surface area (Å²) in [5.74, 6) is 2.22. The van der Waals surface area contributed by atoms with Crippen molar-refractivity contribution in [1.29, 1.82) is 0 Å². The number of nitrogens with zero attached hydrogens (tertiary/aromatic N) is 13. The zero-order valence-corrected chi connectivity index (χ0v) is 44.1. The topological polar surface area (TPSA) is 174 Å². The van der Waals surface area contributed by atoms with E-state index in [1.807, 2.05) is 108 Å². The van der Waals surface area contributed by atoms with Gasteiger partial charge in [0.05, 0.1) is 52.6 Å². The number of carbonyl (C=O) groups is 2. The minimum atomic E-state index is -0.321. The van der Waals surface area contributed by atoms with Crippen LogP contribution < -0.4 is 20.4 Å². The third-order valence-electron chi connectivity index (χ3n) is 14.6. The van der Waals surface area contributed by atoms with Gasteiger partial charge in [-0.1, -0.05) is 13.8 Å². The average Bonchev–Trinajstić information content (AvgIpc) is 4.24. The van der Waals surface area contributed by atoms with Crippen molar-refractivity contribution in [3.05, 3.63) is 104 Å². The first-order valence-electron chi connectivity index (χ1n) is 26.0. The smallest absolute Gasteiger partial charge is 0.226 e. The highest BCUT2D eigenvalue weighted by molar-refractivity contribution is 5.85. The second-order valence-electron chi connectivity index (χ2n) is 21.3. The van der Waals surface area contributed by atoms with Gasteiger partial charge >= 0.3 is 0 Å². The summed E-state index contributed by atoms with van der Waals surface area (Å²) in [6.07, 6.45) is 23.4. The van der Waals surface area contributed by atoms with Gasteiger partial charge < -0.3 is 20.4 Å². The van der Waals surface area contributed by atoms with E-state index in [1.165, 1.54) is 0 Å². The van der Waals surface area contributed by atoms with Gasteiger partial charge in [0, 0.05) is 129 Å². The molecule has 73 heavy (non-hydrogen) atoms. The molecule has 386 valence electrons. The van der Waals surface area contributed by atoms with Gasteiger partial charge in [-0.25, -0.2) is 24.0 Å². The molecule has 2 fully saturated rings. The van der Waals surface area contributed by atoms with Gasteiger partial charge in [0.1, 0.15) is 11.6 Å². The predicted octanol–water partition coefficient (Wildman–Crippen LogP) is 10.2. The summed E-state index contributed by atoms with van der Waals surface area (Å²) < 4.78 is 7.67. The van der Waals surface area contributed by atoms with Crippen LogP contribution in [0.4, 0.5) is 11.6 Å². The monoisotopic (exact) mass is 990 g/mol. The standard InChI is InChI=1S/C28H36N8O.C28H35N7O.2H2/c1-6-28(27(37)32-19(2)3)10-13-34(14-11-28)25-8-7-21(15-29-25)26-24-9-12-30-36(24)18-23(33-26)22-16-31-35(17-22)20(4)5;1-19(2)32-27(36)28(5)9-12-33(13-10-28)26-7-6-21(15-29-26)24-14-22(17-35-25(24)8-11-30-35)23-16-31-34(18-23)20(3)4;;/h7-9,12,15-20H,6,10-11,13-14H2,1-5H3,(H,32,37);6-8,11,14-20H,9-10,12-13H2,1-5H3,(H,32,36);2*1H. The molecule has 0 unspecified atom stereocenters. The maximum absolute atomic E-state index is 12.9. The summed E-state index contributed by atoms with van der Waals surface area (Å²) in [4.78, 5) is 44.7. The molecule has 0 bridgehead atoms. The van der Waals surface area contributed by atoms with E-state index in [-0.39, 0.29) is 43.6 Å². The number of rotatable bonds is 13. The summed E-state index contributed by atoms with van der Waals surface area (Å²) in [5.41, 5.74) is 9.13. The molecule has 10 rings (SSSR count). The van der Waals surface area contributed by atoms with Crippen molar-refractivity contribution in [3.8, 4) is 44.8 Å². The van der Waals surface area contributed by atoms with Crippen molar-refractivity contribution in [1.82, 2.24) is 64.4 Å². The third-order valence-corrected chi connectivity index (χ3v) is 14.6. The van der Waals surface area contributed by atoms with Gasteiger partial charge in [-0.05, 0) is 130 Å². The molecule has 0 radical (unpaired) electrons. The minimum Gasteiger partial charge on any atom is -0.357 e. The Labute approximate surface area is 431 Å². The lowest BCUT2D eigenvalue weighted by atomic mass is 9.75. The van der Waals surface area contributed by atoms with Crippen LogP contribution >= 0.6 is 0 Å². The Hall–Kier alpha value is -7.43. The van der Waals surface area contributed by atoms with Crippen LogP contribution in [0, 0.1) is 10.8 Å². The molecule has 17 heteroatoms.